The van der Waals surface area contributed by atoms with E-state index in [1.54, 1.807) is 0 Å². The molecule has 5 heteroatoms. The van der Waals surface area contributed by atoms with Crippen molar-refractivity contribution in [1.29, 1.82) is 5.41 Å². The van der Waals surface area contributed by atoms with Crippen LogP contribution in [0.4, 0.5) is 22.7 Å². The van der Waals surface area contributed by atoms with Gasteiger partial charge in [-0.25, -0.2) is 0 Å². The molecule has 0 unspecified atom stereocenters. The monoisotopic (exact) mass is 193 g/mol. The molecule has 76 valence electrons. The number of hydrogen-bond donors (Lipinski definition) is 5. The van der Waals surface area contributed by atoms with Crippen molar-refractivity contribution in [3.63, 3.8) is 0 Å². The van der Waals surface area contributed by atoms with Crippen molar-refractivity contribution in [3.8, 4) is 0 Å². The third-order valence-electron chi connectivity index (χ3n) is 2.31. The number of rotatable bonds is 2. The summed E-state index contributed by atoms with van der Waals surface area (Å²) in [7, 11) is 0. The molecule has 9 N–H and O–H groups in total. The van der Waals surface area contributed by atoms with Gasteiger partial charge in [-0.15, -0.1) is 0 Å². The molecule has 0 aliphatic heterocycles. The second-order valence-electron chi connectivity index (χ2n) is 3.04. The van der Waals surface area contributed by atoms with Crippen molar-refractivity contribution in [2.45, 2.75) is 13.3 Å². The minimum Gasteiger partial charge on any atom is -0.397 e. The van der Waals surface area contributed by atoms with E-state index < -0.39 is 0 Å². The second kappa shape index (κ2) is 3.45. The first-order valence-electron chi connectivity index (χ1n) is 4.29. The summed E-state index contributed by atoms with van der Waals surface area (Å²) in [4.78, 5) is 0. The fourth-order valence-electron chi connectivity index (χ4n) is 1.44. The highest BCUT2D eigenvalue weighted by Gasteiger charge is 2.14. The van der Waals surface area contributed by atoms with Crippen molar-refractivity contribution >= 4 is 29.0 Å². The van der Waals surface area contributed by atoms with Gasteiger partial charge in [0.2, 0.25) is 0 Å². The molecule has 5 nitrogen and oxygen atoms in total. The van der Waals surface area contributed by atoms with Gasteiger partial charge in [0.15, 0.2) is 0 Å². The average molecular weight is 193 g/mol. The van der Waals surface area contributed by atoms with Crippen LogP contribution in [0.5, 0.6) is 0 Å². The maximum Gasteiger partial charge on any atom is 0.0662 e. The van der Waals surface area contributed by atoms with Crippen LogP contribution in [0.25, 0.3) is 0 Å². The maximum absolute atomic E-state index is 7.15. The van der Waals surface area contributed by atoms with E-state index in [2.05, 4.69) is 0 Å². The summed E-state index contributed by atoms with van der Waals surface area (Å²) in [5.41, 5.74) is 25.7. The minimum atomic E-state index is 0.337. The van der Waals surface area contributed by atoms with Crippen LogP contribution in [0.2, 0.25) is 0 Å². The number of nitrogens with one attached hydrogen (secondary N) is 1. The van der Waals surface area contributed by atoms with Gasteiger partial charge in [-0.2, -0.15) is 0 Å². The Balaban J connectivity index is 3.63. The number of anilines is 4. The molecule has 0 radical (unpaired) electrons. The first-order valence-corrected chi connectivity index (χ1v) is 4.29. The highest BCUT2D eigenvalue weighted by Crippen LogP contribution is 2.35. The fraction of sp³-hybridized carbons (Fsp3) is 0.222. The lowest BCUT2D eigenvalue weighted by Gasteiger charge is -2.15. The number of nitrogens with two attached hydrogens (primary N) is 4. The largest absolute Gasteiger partial charge is 0.397 e. The summed E-state index contributed by atoms with van der Waals surface area (Å²) in [6.07, 6.45) is 1.74. The van der Waals surface area contributed by atoms with E-state index in [4.69, 9.17) is 28.3 Å². The molecule has 1 aromatic carbocycles. The molecule has 1 rings (SSSR count). The molecular formula is C9H15N5. The first-order chi connectivity index (χ1) is 6.54. The van der Waals surface area contributed by atoms with Gasteiger partial charge in [-0.3, -0.25) is 0 Å². The zero-order valence-electron chi connectivity index (χ0n) is 8.09. The lowest BCUT2D eigenvalue weighted by atomic mass is 10.0. The van der Waals surface area contributed by atoms with E-state index >= 15 is 0 Å². The Labute approximate surface area is 82.6 Å². The second-order valence-corrected chi connectivity index (χ2v) is 3.04. The predicted octanol–water partition coefficient (Wildman–Crippen LogP) is 0.575. The van der Waals surface area contributed by atoms with E-state index in [1.807, 2.05) is 6.92 Å². The van der Waals surface area contributed by atoms with Crippen molar-refractivity contribution in [3.05, 3.63) is 11.1 Å². The molecule has 0 atom stereocenters. The van der Waals surface area contributed by atoms with E-state index in [-0.39, 0.29) is 0 Å². The van der Waals surface area contributed by atoms with Crippen LogP contribution in [0.3, 0.4) is 0 Å². The molecule has 0 saturated heterocycles. The maximum atomic E-state index is 7.15. The van der Waals surface area contributed by atoms with Crippen molar-refractivity contribution in [1.82, 2.24) is 0 Å². The van der Waals surface area contributed by atoms with Crippen molar-refractivity contribution in [2.24, 2.45) is 0 Å². The Morgan fingerprint density at radius 2 is 1.43 bits per heavy atom. The quantitative estimate of drug-likeness (QED) is 0.347. The molecule has 0 aromatic heterocycles. The van der Waals surface area contributed by atoms with Crippen LogP contribution in [-0.4, -0.2) is 6.21 Å². The zero-order chi connectivity index (χ0) is 10.9. The zero-order valence-corrected chi connectivity index (χ0v) is 8.09. The van der Waals surface area contributed by atoms with Gasteiger partial charge in [0, 0.05) is 17.3 Å². The van der Waals surface area contributed by atoms with E-state index in [9.17, 15) is 0 Å². The summed E-state index contributed by atoms with van der Waals surface area (Å²) in [5.74, 6) is 0. The SMILES string of the molecule is CCc1c(N)c(N)c(C=N)c(N)c1N. The summed E-state index contributed by atoms with van der Waals surface area (Å²) in [5, 5.41) is 7.15. The first kappa shape index (κ1) is 10.2. The van der Waals surface area contributed by atoms with Crippen LogP contribution in [0.15, 0.2) is 0 Å². The Hall–Kier alpha value is -1.91. The Bertz CT molecular complexity index is 354. The lowest BCUT2D eigenvalue weighted by molar-refractivity contribution is 1.15. The number of hydrogen-bond acceptors (Lipinski definition) is 5. The van der Waals surface area contributed by atoms with Crippen LogP contribution in [0.1, 0.15) is 18.1 Å². The normalized spacial score (nSPS) is 10.1. The molecule has 0 aliphatic rings. The molecular weight excluding hydrogens is 178 g/mol. The van der Waals surface area contributed by atoms with E-state index in [0.717, 1.165) is 11.8 Å². The highest BCUT2D eigenvalue weighted by atomic mass is 14.8. The van der Waals surface area contributed by atoms with E-state index in [1.165, 1.54) is 0 Å². The Morgan fingerprint density at radius 3 is 1.71 bits per heavy atom. The van der Waals surface area contributed by atoms with Gasteiger partial charge in [0.05, 0.1) is 22.7 Å². The summed E-state index contributed by atoms with van der Waals surface area (Å²) >= 11 is 0. The molecule has 1 aromatic rings. The molecule has 0 amide bonds. The predicted molar refractivity (Wildman–Crippen MR) is 61.4 cm³/mol. The third kappa shape index (κ3) is 1.22. The average Bonchev–Trinajstić information content (AvgIpc) is 2.17. The highest BCUT2D eigenvalue weighted by molar-refractivity contribution is 6.02. The van der Waals surface area contributed by atoms with Gasteiger partial charge < -0.3 is 28.3 Å². The molecule has 0 spiro atoms. The smallest absolute Gasteiger partial charge is 0.0662 e. The molecule has 0 bridgehead atoms. The summed E-state index contributed by atoms with van der Waals surface area (Å²) < 4.78 is 0. The molecule has 0 fully saturated rings. The number of nitrogen functional groups attached to an aromatic ring is 4. The van der Waals surface area contributed by atoms with Gasteiger partial charge in [-0.1, -0.05) is 6.92 Å². The molecule has 0 saturated carbocycles. The van der Waals surface area contributed by atoms with Crippen LogP contribution < -0.4 is 22.9 Å². The lowest BCUT2D eigenvalue weighted by Crippen LogP contribution is -2.10. The fourth-order valence-corrected chi connectivity index (χ4v) is 1.44. The molecule has 0 aliphatic carbocycles. The van der Waals surface area contributed by atoms with Crippen LogP contribution in [-0.2, 0) is 6.42 Å². The van der Waals surface area contributed by atoms with Gasteiger partial charge >= 0.3 is 0 Å². The standard InChI is InChI=1S/C9H15N5/c1-2-4-6(11)8(13)5(3-10)9(14)7(4)12/h3,10H,2,11-14H2,1H3. The Morgan fingerprint density at radius 1 is 1.00 bits per heavy atom. The number of benzene rings is 1. The van der Waals surface area contributed by atoms with E-state index in [0.29, 0.717) is 34.7 Å². The van der Waals surface area contributed by atoms with Crippen molar-refractivity contribution in [2.75, 3.05) is 22.9 Å². The topological polar surface area (TPSA) is 128 Å². The summed E-state index contributed by atoms with van der Waals surface area (Å²) in [6.45, 7) is 1.92. The minimum absolute atomic E-state index is 0.337. The third-order valence-corrected chi connectivity index (χ3v) is 2.31. The molecule has 14 heavy (non-hydrogen) atoms. The van der Waals surface area contributed by atoms with Crippen LogP contribution >= 0.6 is 0 Å². The van der Waals surface area contributed by atoms with Crippen molar-refractivity contribution < 1.29 is 0 Å². The summed E-state index contributed by atoms with van der Waals surface area (Å²) in [6, 6.07) is 0. The van der Waals surface area contributed by atoms with Crippen LogP contribution in [0, 0.1) is 5.41 Å². The molecule has 0 heterocycles. The Kier molecular flexibility index (Phi) is 2.51. The van der Waals surface area contributed by atoms with Gasteiger partial charge in [-0.05, 0) is 6.42 Å². The van der Waals surface area contributed by atoms with Gasteiger partial charge in [0.25, 0.3) is 0 Å². The van der Waals surface area contributed by atoms with Gasteiger partial charge in [0.1, 0.15) is 0 Å².